The predicted molar refractivity (Wildman–Crippen MR) is 70.9 cm³/mol. The number of carbonyl (C=O) groups excluding carboxylic acids is 1. The lowest BCUT2D eigenvalue weighted by Gasteiger charge is -2.60. The van der Waals surface area contributed by atoms with E-state index in [9.17, 15) is 4.79 Å². The standard InChI is InChI=1S/C16H22O2/c1-4-15-6-12-5-13(7-15)9-16(8-12,10-15)18-14(17)11(2)3/h4,12-13H,1-2,5-10H2,3H3. The van der Waals surface area contributed by atoms with Gasteiger partial charge in [-0.05, 0) is 62.7 Å². The first kappa shape index (κ1) is 12.0. The highest BCUT2D eigenvalue weighted by molar-refractivity contribution is 5.87. The molecule has 2 atom stereocenters. The van der Waals surface area contributed by atoms with Gasteiger partial charge in [0.05, 0.1) is 0 Å². The van der Waals surface area contributed by atoms with Crippen LogP contribution in [0.5, 0.6) is 0 Å². The summed E-state index contributed by atoms with van der Waals surface area (Å²) in [5.41, 5.74) is 0.534. The van der Waals surface area contributed by atoms with Gasteiger partial charge in [0, 0.05) is 5.57 Å². The minimum Gasteiger partial charge on any atom is -0.456 e. The van der Waals surface area contributed by atoms with Crippen molar-refractivity contribution in [2.75, 3.05) is 0 Å². The molecule has 0 N–H and O–H groups in total. The van der Waals surface area contributed by atoms with Crippen molar-refractivity contribution in [1.82, 2.24) is 0 Å². The van der Waals surface area contributed by atoms with E-state index in [2.05, 4.69) is 19.2 Å². The molecule has 0 saturated heterocycles. The molecule has 0 amide bonds. The second-order valence-electron chi connectivity index (χ2n) is 6.88. The second kappa shape index (κ2) is 3.72. The fourth-order valence-corrected chi connectivity index (χ4v) is 4.89. The molecule has 0 radical (unpaired) electrons. The number of hydrogen-bond donors (Lipinski definition) is 0. The number of carbonyl (C=O) groups is 1. The largest absolute Gasteiger partial charge is 0.456 e. The Bertz CT molecular complexity index is 407. The van der Waals surface area contributed by atoms with Crippen molar-refractivity contribution < 1.29 is 9.53 Å². The molecule has 0 aliphatic heterocycles. The van der Waals surface area contributed by atoms with Gasteiger partial charge in [-0.2, -0.15) is 0 Å². The van der Waals surface area contributed by atoms with E-state index in [1.807, 2.05) is 0 Å². The topological polar surface area (TPSA) is 26.3 Å². The fraction of sp³-hybridized carbons (Fsp3) is 0.688. The SMILES string of the molecule is C=CC12CC3CC(C1)CC(OC(=O)C(=C)C)(C3)C2. The molecule has 0 heterocycles. The summed E-state index contributed by atoms with van der Waals surface area (Å²) in [7, 11) is 0. The van der Waals surface area contributed by atoms with Crippen LogP contribution in [0.4, 0.5) is 0 Å². The lowest BCUT2D eigenvalue weighted by atomic mass is 9.48. The van der Waals surface area contributed by atoms with E-state index in [1.165, 1.54) is 19.3 Å². The van der Waals surface area contributed by atoms with Gasteiger partial charge in [0.1, 0.15) is 5.60 Å². The third-order valence-electron chi connectivity index (χ3n) is 5.14. The van der Waals surface area contributed by atoms with E-state index < -0.39 is 0 Å². The molecule has 4 saturated carbocycles. The van der Waals surface area contributed by atoms with Crippen LogP contribution in [0.2, 0.25) is 0 Å². The molecule has 2 unspecified atom stereocenters. The van der Waals surface area contributed by atoms with E-state index in [0.29, 0.717) is 5.57 Å². The van der Waals surface area contributed by atoms with E-state index in [4.69, 9.17) is 4.74 Å². The number of esters is 1. The van der Waals surface area contributed by atoms with Crippen molar-refractivity contribution in [3.8, 4) is 0 Å². The molecule has 0 aromatic rings. The minimum atomic E-state index is -0.214. The summed E-state index contributed by atoms with van der Waals surface area (Å²) < 4.78 is 5.85. The highest BCUT2D eigenvalue weighted by atomic mass is 16.6. The van der Waals surface area contributed by atoms with E-state index >= 15 is 0 Å². The number of hydrogen-bond acceptors (Lipinski definition) is 2. The molecule has 0 spiro atoms. The first-order chi connectivity index (χ1) is 8.46. The lowest BCUT2D eigenvalue weighted by molar-refractivity contribution is -0.191. The zero-order valence-corrected chi connectivity index (χ0v) is 11.2. The second-order valence-corrected chi connectivity index (χ2v) is 6.88. The molecule has 18 heavy (non-hydrogen) atoms. The molecule has 4 rings (SSSR count). The zero-order valence-electron chi connectivity index (χ0n) is 11.2. The molecule has 4 aliphatic carbocycles. The maximum atomic E-state index is 11.9. The van der Waals surface area contributed by atoms with Gasteiger partial charge in [0.2, 0.25) is 0 Å². The first-order valence-corrected chi connectivity index (χ1v) is 6.98. The Labute approximate surface area is 109 Å². The van der Waals surface area contributed by atoms with E-state index in [-0.39, 0.29) is 17.0 Å². The van der Waals surface area contributed by atoms with Crippen molar-refractivity contribution >= 4 is 5.97 Å². The molecule has 2 nitrogen and oxygen atoms in total. The van der Waals surface area contributed by atoms with Crippen LogP contribution in [0.1, 0.15) is 45.4 Å². The molecule has 2 heteroatoms. The first-order valence-electron chi connectivity index (χ1n) is 6.98. The predicted octanol–water partition coefficient (Wildman–Crippen LogP) is 3.63. The molecule has 98 valence electrons. The Balaban J connectivity index is 1.87. The maximum absolute atomic E-state index is 11.9. The normalized spacial score (nSPS) is 44.7. The van der Waals surface area contributed by atoms with Crippen molar-refractivity contribution in [2.24, 2.45) is 17.3 Å². The van der Waals surface area contributed by atoms with Gasteiger partial charge in [0.25, 0.3) is 0 Å². The Morgan fingerprint density at radius 3 is 2.39 bits per heavy atom. The Hall–Kier alpha value is -1.05. The van der Waals surface area contributed by atoms with Crippen LogP contribution < -0.4 is 0 Å². The van der Waals surface area contributed by atoms with Crippen LogP contribution in [0, 0.1) is 17.3 Å². The highest BCUT2D eigenvalue weighted by Crippen LogP contribution is 2.63. The van der Waals surface area contributed by atoms with Gasteiger partial charge >= 0.3 is 5.97 Å². The van der Waals surface area contributed by atoms with Gasteiger partial charge in [-0.15, -0.1) is 6.58 Å². The van der Waals surface area contributed by atoms with Gasteiger partial charge in [-0.3, -0.25) is 0 Å². The van der Waals surface area contributed by atoms with Crippen molar-refractivity contribution in [3.05, 3.63) is 24.8 Å². The summed E-state index contributed by atoms with van der Waals surface area (Å²) in [6, 6.07) is 0. The number of rotatable bonds is 3. The summed E-state index contributed by atoms with van der Waals surface area (Å²) >= 11 is 0. The Morgan fingerprint density at radius 1 is 1.28 bits per heavy atom. The maximum Gasteiger partial charge on any atom is 0.333 e. The number of allylic oxidation sites excluding steroid dienone is 1. The summed E-state index contributed by atoms with van der Waals surface area (Å²) in [5, 5.41) is 0. The van der Waals surface area contributed by atoms with Crippen molar-refractivity contribution in [2.45, 2.75) is 51.0 Å². The lowest BCUT2D eigenvalue weighted by Crippen LogP contribution is -2.56. The third-order valence-corrected chi connectivity index (χ3v) is 5.14. The summed E-state index contributed by atoms with van der Waals surface area (Å²) in [4.78, 5) is 11.9. The van der Waals surface area contributed by atoms with Gasteiger partial charge in [-0.25, -0.2) is 4.79 Å². The van der Waals surface area contributed by atoms with Crippen LogP contribution in [0.25, 0.3) is 0 Å². The van der Waals surface area contributed by atoms with E-state index in [1.54, 1.807) is 6.92 Å². The Kier molecular flexibility index (Phi) is 2.48. The van der Waals surface area contributed by atoms with Crippen LogP contribution >= 0.6 is 0 Å². The molecule has 4 bridgehead atoms. The monoisotopic (exact) mass is 246 g/mol. The molecule has 4 fully saturated rings. The van der Waals surface area contributed by atoms with Crippen LogP contribution in [-0.4, -0.2) is 11.6 Å². The summed E-state index contributed by atoms with van der Waals surface area (Å²) in [6.07, 6.45) is 9.04. The highest BCUT2D eigenvalue weighted by Gasteiger charge is 2.58. The average molecular weight is 246 g/mol. The zero-order chi connectivity index (χ0) is 13.0. The van der Waals surface area contributed by atoms with Crippen molar-refractivity contribution in [3.63, 3.8) is 0 Å². The number of ether oxygens (including phenoxy) is 1. The average Bonchev–Trinajstić information content (AvgIpc) is 2.26. The summed E-state index contributed by atoms with van der Waals surface area (Å²) in [6.45, 7) is 9.46. The van der Waals surface area contributed by atoms with Gasteiger partial charge in [-0.1, -0.05) is 12.7 Å². The quantitative estimate of drug-likeness (QED) is 0.432. The van der Waals surface area contributed by atoms with Crippen molar-refractivity contribution in [1.29, 1.82) is 0 Å². The molecular formula is C16H22O2. The Morgan fingerprint density at radius 2 is 1.89 bits per heavy atom. The molecule has 4 aliphatic rings. The van der Waals surface area contributed by atoms with Gasteiger partial charge in [0.15, 0.2) is 0 Å². The third kappa shape index (κ3) is 1.73. The smallest absolute Gasteiger partial charge is 0.333 e. The molecular weight excluding hydrogens is 224 g/mol. The van der Waals surface area contributed by atoms with Crippen LogP contribution in [0.3, 0.4) is 0 Å². The van der Waals surface area contributed by atoms with Gasteiger partial charge < -0.3 is 4.74 Å². The minimum absolute atomic E-state index is 0.212. The van der Waals surface area contributed by atoms with Crippen LogP contribution in [-0.2, 0) is 9.53 Å². The molecule has 0 aromatic carbocycles. The van der Waals surface area contributed by atoms with E-state index in [0.717, 1.165) is 31.1 Å². The van der Waals surface area contributed by atoms with Crippen LogP contribution in [0.15, 0.2) is 24.8 Å². The summed E-state index contributed by atoms with van der Waals surface area (Å²) in [5.74, 6) is 1.24. The molecule has 0 aromatic heterocycles. The fourth-order valence-electron chi connectivity index (χ4n) is 4.89.